The molecule has 2 atom stereocenters. The van der Waals surface area contributed by atoms with Gasteiger partial charge in [-0.2, -0.15) is 8.78 Å². The summed E-state index contributed by atoms with van der Waals surface area (Å²) in [6.07, 6.45) is 1.06. The number of fused-ring (bicyclic) bond motifs is 1. The maximum absolute atomic E-state index is 12.7. The molecule has 2 aromatic rings. The van der Waals surface area contributed by atoms with E-state index in [9.17, 15) is 18.7 Å². The van der Waals surface area contributed by atoms with Crippen LogP contribution in [-0.4, -0.2) is 70.9 Å². The Hall–Kier alpha value is -2.52. The number of benzene rings is 1. The molecule has 9 heteroatoms. The number of hydrogen-bond donors (Lipinski definition) is 2. The van der Waals surface area contributed by atoms with Crippen molar-refractivity contribution in [3.63, 3.8) is 0 Å². The van der Waals surface area contributed by atoms with Gasteiger partial charge in [0.1, 0.15) is 5.52 Å². The van der Waals surface area contributed by atoms with E-state index in [2.05, 4.69) is 19.9 Å². The predicted octanol–water partition coefficient (Wildman–Crippen LogP) is 2.76. The molecule has 1 aliphatic heterocycles. The van der Waals surface area contributed by atoms with E-state index in [-0.39, 0.29) is 23.3 Å². The SMILES string of the molecule is C[C@@H](O)CN1CCN(C(=O)Nc2ccc(OC(F)F)c3ncccc23)C[C@@H]1C. The molecule has 1 saturated heterocycles. The molecule has 2 N–H and O–H groups in total. The van der Waals surface area contributed by atoms with Gasteiger partial charge in [0.15, 0.2) is 5.75 Å². The van der Waals surface area contributed by atoms with Crippen molar-refractivity contribution in [3.8, 4) is 5.75 Å². The molecule has 0 radical (unpaired) electrons. The molecule has 152 valence electrons. The normalized spacial score (nSPS) is 19.1. The molecule has 1 aromatic carbocycles. The number of pyridine rings is 1. The molecule has 0 bridgehead atoms. The van der Waals surface area contributed by atoms with Crippen molar-refractivity contribution >= 4 is 22.6 Å². The van der Waals surface area contributed by atoms with Gasteiger partial charge < -0.3 is 20.1 Å². The van der Waals surface area contributed by atoms with Crippen molar-refractivity contribution in [2.75, 3.05) is 31.5 Å². The van der Waals surface area contributed by atoms with Gasteiger partial charge in [-0.3, -0.25) is 9.88 Å². The second-order valence-electron chi connectivity index (χ2n) is 6.96. The Balaban J connectivity index is 1.74. The van der Waals surface area contributed by atoms with Gasteiger partial charge in [-0.05, 0) is 38.1 Å². The number of piperazine rings is 1. The van der Waals surface area contributed by atoms with Crippen molar-refractivity contribution in [2.45, 2.75) is 32.6 Å². The minimum absolute atomic E-state index is 0.0380. The summed E-state index contributed by atoms with van der Waals surface area (Å²) in [7, 11) is 0. The molecule has 1 fully saturated rings. The molecular weight excluding hydrogens is 370 g/mol. The summed E-state index contributed by atoms with van der Waals surface area (Å²) in [6, 6.07) is 6.12. The van der Waals surface area contributed by atoms with Crippen molar-refractivity contribution in [1.29, 1.82) is 0 Å². The van der Waals surface area contributed by atoms with Gasteiger partial charge >= 0.3 is 12.6 Å². The van der Waals surface area contributed by atoms with Crippen molar-refractivity contribution in [1.82, 2.24) is 14.8 Å². The molecule has 3 rings (SSSR count). The minimum Gasteiger partial charge on any atom is -0.432 e. The van der Waals surface area contributed by atoms with Gasteiger partial charge in [-0.15, -0.1) is 0 Å². The number of halogens is 2. The first-order valence-electron chi connectivity index (χ1n) is 9.15. The zero-order valence-corrected chi connectivity index (χ0v) is 15.8. The zero-order valence-electron chi connectivity index (χ0n) is 15.8. The molecule has 1 aliphatic rings. The standard InChI is InChI=1S/C19H24F2N4O3/c1-12-10-25(9-8-24(12)11-13(2)26)19(27)23-15-5-6-16(28-18(20)21)17-14(15)4-3-7-22-17/h3-7,12-13,18,26H,8-11H2,1-2H3,(H,23,27)/t12-,13+/m0/s1. The van der Waals surface area contributed by atoms with Crippen LogP contribution in [-0.2, 0) is 0 Å². The summed E-state index contributed by atoms with van der Waals surface area (Å²) in [4.78, 5) is 20.7. The highest BCUT2D eigenvalue weighted by Crippen LogP contribution is 2.31. The van der Waals surface area contributed by atoms with Crippen LogP contribution in [0.15, 0.2) is 30.5 Å². The Labute approximate surface area is 161 Å². The van der Waals surface area contributed by atoms with Crippen LogP contribution in [0, 0.1) is 0 Å². The largest absolute Gasteiger partial charge is 0.432 e. The van der Waals surface area contributed by atoms with Crippen LogP contribution in [0.2, 0.25) is 0 Å². The van der Waals surface area contributed by atoms with Crippen LogP contribution in [0.5, 0.6) is 5.75 Å². The molecule has 1 aromatic heterocycles. The van der Waals surface area contributed by atoms with Gasteiger partial charge in [-0.1, -0.05) is 0 Å². The van der Waals surface area contributed by atoms with E-state index >= 15 is 0 Å². The summed E-state index contributed by atoms with van der Waals surface area (Å²) in [5.74, 6) is -0.0380. The minimum atomic E-state index is -2.95. The number of aliphatic hydroxyl groups is 1. The number of anilines is 1. The summed E-state index contributed by atoms with van der Waals surface area (Å²) >= 11 is 0. The molecule has 2 amide bonds. The van der Waals surface area contributed by atoms with Crippen LogP contribution in [0.25, 0.3) is 10.9 Å². The van der Waals surface area contributed by atoms with Gasteiger partial charge in [0.2, 0.25) is 0 Å². The third kappa shape index (κ3) is 4.66. The second kappa shape index (κ2) is 8.66. The predicted molar refractivity (Wildman–Crippen MR) is 102 cm³/mol. The number of ether oxygens (including phenoxy) is 1. The van der Waals surface area contributed by atoms with Crippen LogP contribution < -0.4 is 10.1 Å². The molecule has 0 aliphatic carbocycles. The smallest absolute Gasteiger partial charge is 0.387 e. The highest BCUT2D eigenvalue weighted by atomic mass is 19.3. The zero-order chi connectivity index (χ0) is 20.3. The number of alkyl halides is 2. The Kier molecular flexibility index (Phi) is 6.25. The topological polar surface area (TPSA) is 77.9 Å². The molecule has 7 nitrogen and oxygen atoms in total. The van der Waals surface area contributed by atoms with Gasteiger partial charge in [0.25, 0.3) is 0 Å². The van der Waals surface area contributed by atoms with E-state index in [1.807, 2.05) is 6.92 Å². The average Bonchev–Trinajstić information content (AvgIpc) is 2.64. The number of aromatic nitrogens is 1. The Morgan fingerprint density at radius 2 is 2.18 bits per heavy atom. The number of carbonyl (C=O) groups excluding carboxylic acids is 1. The first-order chi connectivity index (χ1) is 13.3. The highest BCUT2D eigenvalue weighted by molar-refractivity contribution is 6.02. The molecular formula is C19H24F2N4O3. The fourth-order valence-electron chi connectivity index (χ4n) is 3.43. The van der Waals surface area contributed by atoms with Gasteiger partial charge in [-0.25, -0.2) is 4.79 Å². The summed E-state index contributed by atoms with van der Waals surface area (Å²) < 4.78 is 29.7. The number of urea groups is 1. The first kappa shape index (κ1) is 20.2. The van der Waals surface area contributed by atoms with Crippen molar-refractivity contribution in [3.05, 3.63) is 30.5 Å². The lowest BCUT2D eigenvalue weighted by atomic mass is 10.1. The van der Waals surface area contributed by atoms with E-state index in [0.717, 1.165) is 0 Å². The number of aliphatic hydroxyl groups excluding tert-OH is 1. The van der Waals surface area contributed by atoms with E-state index < -0.39 is 12.7 Å². The Morgan fingerprint density at radius 3 is 2.86 bits per heavy atom. The van der Waals surface area contributed by atoms with E-state index in [1.165, 1.54) is 18.3 Å². The lowest BCUT2D eigenvalue weighted by Crippen LogP contribution is -2.55. The van der Waals surface area contributed by atoms with E-state index in [0.29, 0.717) is 37.3 Å². The van der Waals surface area contributed by atoms with Gasteiger partial charge in [0.05, 0.1) is 11.8 Å². The van der Waals surface area contributed by atoms with Crippen molar-refractivity contribution in [2.24, 2.45) is 0 Å². The summed E-state index contributed by atoms with van der Waals surface area (Å²) in [5.41, 5.74) is 0.740. The quantitative estimate of drug-likeness (QED) is 0.816. The Morgan fingerprint density at radius 1 is 1.39 bits per heavy atom. The summed E-state index contributed by atoms with van der Waals surface area (Å²) in [6.45, 7) is 3.10. The number of nitrogens with one attached hydrogen (secondary N) is 1. The lowest BCUT2D eigenvalue weighted by Gasteiger charge is -2.40. The van der Waals surface area contributed by atoms with Crippen LogP contribution in [0.1, 0.15) is 13.8 Å². The fourth-order valence-corrected chi connectivity index (χ4v) is 3.43. The lowest BCUT2D eigenvalue weighted by molar-refractivity contribution is -0.0489. The molecule has 2 heterocycles. The molecule has 0 spiro atoms. The maximum atomic E-state index is 12.7. The maximum Gasteiger partial charge on any atom is 0.387 e. The molecule has 28 heavy (non-hydrogen) atoms. The fraction of sp³-hybridized carbons (Fsp3) is 0.474. The van der Waals surface area contributed by atoms with Gasteiger partial charge in [0, 0.05) is 43.8 Å². The van der Waals surface area contributed by atoms with Crippen LogP contribution >= 0.6 is 0 Å². The third-order valence-electron chi connectivity index (χ3n) is 4.74. The number of rotatable bonds is 5. The third-order valence-corrected chi connectivity index (χ3v) is 4.74. The number of amides is 2. The molecule has 0 saturated carbocycles. The number of hydrogen-bond acceptors (Lipinski definition) is 5. The van der Waals surface area contributed by atoms with E-state index in [1.54, 1.807) is 24.0 Å². The number of β-amino-alcohol motifs (C(OH)–C–C–N with tert-alkyl or cyclic N) is 1. The second-order valence-corrected chi connectivity index (χ2v) is 6.96. The van der Waals surface area contributed by atoms with Crippen molar-refractivity contribution < 1.29 is 23.4 Å². The average molecular weight is 394 g/mol. The monoisotopic (exact) mass is 394 g/mol. The highest BCUT2D eigenvalue weighted by Gasteiger charge is 2.27. The van der Waals surface area contributed by atoms with Crippen LogP contribution in [0.3, 0.4) is 0 Å². The first-order valence-corrected chi connectivity index (χ1v) is 9.15. The Bertz CT molecular complexity index is 834. The van der Waals surface area contributed by atoms with Crippen LogP contribution in [0.4, 0.5) is 19.3 Å². The molecule has 0 unspecified atom stereocenters. The number of nitrogens with zero attached hydrogens (tertiary/aromatic N) is 3. The number of carbonyl (C=O) groups is 1. The summed E-state index contributed by atoms with van der Waals surface area (Å²) in [5, 5.41) is 12.9. The van der Waals surface area contributed by atoms with E-state index in [4.69, 9.17) is 0 Å².